The number of hydrogen-bond donors (Lipinski definition) is 2. The Kier molecular flexibility index (Phi) is 11.7. The predicted octanol–water partition coefficient (Wildman–Crippen LogP) is 3.09. The van der Waals surface area contributed by atoms with Gasteiger partial charge >= 0.3 is 10.1 Å². The average Bonchev–Trinajstić information content (AvgIpc) is 2.49. The number of unbranched alkanes of at least 4 members (excludes halogenated alkanes) is 8. The van der Waals surface area contributed by atoms with E-state index in [1.165, 1.54) is 39.0 Å². The molecular weight excluding hydrogens is 320 g/mol. The second-order valence-corrected chi connectivity index (χ2v) is 7.43. The highest BCUT2D eigenvalue weighted by molar-refractivity contribution is 7.88. The summed E-state index contributed by atoms with van der Waals surface area (Å²) in [6, 6.07) is 0. The zero-order valence-corrected chi connectivity index (χ0v) is 15.2. The van der Waals surface area contributed by atoms with Gasteiger partial charge in [-0.3, -0.25) is 9.35 Å². The van der Waals surface area contributed by atoms with Gasteiger partial charge in [0.25, 0.3) is 4.93 Å². The number of ketones is 1. The molecule has 0 aromatic rings. The van der Waals surface area contributed by atoms with Gasteiger partial charge in [-0.2, -0.15) is 8.42 Å². The molecule has 0 aromatic heterocycles. The van der Waals surface area contributed by atoms with Crippen LogP contribution in [0.25, 0.3) is 0 Å². The molecule has 0 heterocycles. The summed E-state index contributed by atoms with van der Waals surface area (Å²) in [5, 5.41) is 9.27. The van der Waals surface area contributed by atoms with Gasteiger partial charge in [-0.25, -0.2) is 0 Å². The Hall–Kier alpha value is -0.500. The maximum absolute atomic E-state index is 12.1. The largest absolute Gasteiger partial charge is 0.392 e. The standard InChI is InChI=1S/C16H32O6S/c1-3-5-6-7-8-9-10-11-12-13-15(18)16(14-17,22-4-2)23(19,20)21/h17H,3-14H2,1-2H3,(H,19,20,21). The Morgan fingerprint density at radius 3 is 1.83 bits per heavy atom. The lowest BCUT2D eigenvalue weighted by Gasteiger charge is -2.26. The van der Waals surface area contributed by atoms with Crippen molar-refractivity contribution in [3.05, 3.63) is 0 Å². The van der Waals surface area contributed by atoms with Gasteiger partial charge in [-0.05, 0) is 13.3 Å². The molecule has 6 nitrogen and oxygen atoms in total. The Morgan fingerprint density at radius 2 is 1.43 bits per heavy atom. The third-order valence-corrected chi connectivity index (χ3v) is 5.24. The van der Waals surface area contributed by atoms with E-state index in [-0.39, 0.29) is 13.0 Å². The van der Waals surface area contributed by atoms with E-state index >= 15 is 0 Å². The van der Waals surface area contributed by atoms with Crippen LogP contribution in [-0.4, -0.2) is 42.0 Å². The van der Waals surface area contributed by atoms with Crippen molar-refractivity contribution in [3.63, 3.8) is 0 Å². The zero-order valence-electron chi connectivity index (χ0n) is 14.4. The van der Waals surface area contributed by atoms with Gasteiger partial charge in [-0.15, -0.1) is 0 Å². The van der Waals surface area contributed by atoms with Crippen LogP contribution in [0.4, 0.5) is 0 Å². The van der Waals surface area contributed by atoms with Crippen LogP contribution in [0.15, 0.2) is 0 Å². The van der Waals surface area contributed by atoms with Crippen LogP contribution < -0.4 is 0 Å². The molecule has 0 aliphatic heterocycles. The first-order chi connectivity index (χ1) is 10.9. The summed E-state index contributed by atoms with van der Waals surface area (Å²) in [6.45, 7) is 2.51. The highest BCUT2D eigenvalue weighted by atomic mass is 32.2. The van der Waals surface area contributed by atoms with Crippen LogP contribution in [0.1, 0.15) is 78.1 Å². The number of aliphatic hydroxyl groups is 1. The molecular formula is C16H32O6S. The molecule has 0 aromatic carbocycles. The van der Waals surface area contributed by atoms with Crippen molar-refractivity contribution in [3.8, 4) is 0 Å². The second kappa shape index (κ2) is 11.9. The average molecular weight is 352 g/mol. The highest BCUT2D eigenvalue weighted by Crippen LogP contribution is 2.23. The summed E-state index contributed by atoms with van der Waals surface area (Å²) in [5.74, 6) is -0.785. The number of carbonyl (C=O) groups is 1. The smallest absolute Gasteiger partial charge is 0.305 e. The number of ether oxygens (including phenoxy) is 1. The van der Waals surface area contributed by atoms with E-state index in [9.17, 15) is 22.9 Å². The van der Waals surface area contributed by atoms with Gasteiger partial charge in [-0.1, -0.05) is 58.3 Å². The molecule has 0 spiro atoms. The molecule has 0 fully saturated rings. The van der Waals surface area contributed by atoms with Crippen molar-refractivity contribution in [1.29, 1.82) is 0 Å². The van der Waals surface area contributed by atoms with Gasteiger partial charge in [0, 0.05) is 13.0 Å². The van der Waals surface area contributed by atoms with E-state index in [2.05, 4.69) is 6.92 Å². The van der Waals surface area contributed by atoms with Crippen LogP contribution in [0.2, 0.25) is 0 Å². The minimum atomic E-state index is -4.82. The van der Waals surface area contributed by atoms with Crippen LogP contribution in [0, 0.1) is 0 Å². The quantitative estimate of drug-likeness (QED) is 0.347. The Morgan fingerprint density at radius 1 is 0.957 bits per heavy atom. The fourth-order valence-electron chi connectivity index (χ4n) is 2.53. The molecule has 7 heteroatoms. The summed E-state index contributed by atoms with van der Waals surface area (Å²) in [6.07, 6.45) is 9.57. The third kappa shape index (κ3) is 7.74. The van der Waals surface area contributed by atoms with Crippen molar-refractivity contribution in [2.24, 2.45) is 0 Å². The predicted molar refractivity (Wildman–Crippen MR) is 89.8 cm³/mol. The van der Waals surface area contributed by atoms with Gasteiger partial charge in [0.15, 0.2) is 5.78 Å². The van der Waals surface area contributed by atoms with Crippen molar-refractivity contribution >= 4 is 15.9 Å². The first-order valence-corrected chi connectivity index (χ1v) is 10.0. The number of carbonyl (C=O) groups excluding carboxylic acids is 1. The molecule has 0 aliphatic rings. The van der Waals surface area contributed by atoms with E-state index in [1.54, 1.807) is 0 Å². The summed E-state index contributed by atoms with van der Waals surface area (Å²) in [5.41, 5.74) is 0. The molecule has 0 radical (unpaired) electrons. The van der Waals surface area contributed by atoms with Crippen LogP contribution in [-0.2, 0) is 19.6 Å². The number of hydrogen-bond acceptors (Lipinski definition) is 5. The van der Waals surface area contributed by atoms with Crippen molar-refractivity contribution in [2.45, 2.75) is 83.0 Å². The lowest BCUT2D eigenvalue weighted by atomic mass is 10.0. The summed E-state index contributed by atoms with van der Waals surface area (Å²) in [7, 11) is -4.82. The third-order valence-electron chi connectivity index (χ3n) is 3.93. The van der Waals surface area contributed by atoms with Crippen LogP contribution >= 0.6 is 0 Å². The molecule has 0 amide bonds. The van der Waals surface area contributed by atoms with Crippen molar-refractivity contribution in [1.82, 2.24) is 0 Å². The molecule has 0 saturated carbocycles. The lowest BCUT2D eigenvalue weighted by molar-refractivity contribution is -0.138. The van der Waals surface area contributed by atoms with E-state index in [0.29, 0.717) is 6.42 Å². The lowest BCUT2D eigenvalue weighted by Crippen LogP contribution is -2.52. The molecule has 138 valence electrons. The normalized spacial score (nSPS) is 14.6. The van der Waals surface area contributed by atoms with Gasteiger partial charge in [0.05, 0.1) is 6.61 Å². The fraction of sp³-hybridized carbons (Fsp3) is 0.938. The highest BCUT2D eigenvalue weighted by Gasteiger charge is 2.50. The number of rotatable bonds is 15. The second-order valence-electron chi connectivity index (χ2n) is 5.82. The van der Waals surface area contributed by atoms with Crippen LogP contribution in [0.3, 0.4) is 0 Å². The monoisotopic (exact) mass is 352 g/mol. The van der Waals surface area contributed by atoms with E-state index in [0.717, 1.165) is 19.3 Å². The molecule has 0 saturated heterocycles. The molecule has 2 N–H and O–H groups in total. The molecule has 0 bridgehead atoms. The molecule has 1 atom stereocenters. The van der Waals surface area contributed by atoms with E-state index in [1.807, 2.05) is 0 Å². The summed E-state index contributed by atoms with van der Waals surface area (Å²) in [4.78, 5) is 9.59. The Bertz CT molecular complexity index is 420. The number of aliphatic hydroxyl groups excluding tert-OH is 1. The molecule has 0 rings (SSSR count). The zero-order chi connectivity index (χ0) is 17.8. The van der Waals surface area contributed by atoms with Gasteiger partial charge in [0.1, 0.15) is 0 Å². The SMILES string of the molecule is CCCCCCCCCCCC(=O)C(CO)(OCC)S(=O)(=O)O. The fourth-order valence-corrected chi connectivity index (χ4v) is 3.35. The molecule has 1 unspecified atom stereocenters. The van der Waals surface area contributed by atoms with Crippen molar-refractivity contribution < 1.29 is 27.6 Å². The first kappa shape index (κ1) is 22.5. The maximum atomic E-state index is 12.1. The van der Waals surface area contributed by atoms with E-state index < -0.39 is 27.4 Å². The molecule has 23 heavy (non-hydrogen) atoms. The number of Topliss-reactive ketones (excluding diaryl/α,β-unsaturated/α-hetero) is 1. The van der Waals surface area contributed by atoms with E-state index in [4.69, 9.17) is 4.74 Å². The summed E-state index contributed by atoms with van der Waals surface area (Å²) >= 11 is 0. The van der Waals surface area contributed by atoms with Gasteiger partial charge < -0.3 is 9.84 Å². The topological polar surface area (TPSA) is 101 Å². The van der Waals surface area contributed by atoms with Gasteiger partial charge in [0.2, 0.25) is 0 Å². The van der Waals surface area contributed by atoms with Crippen molar-refractivity contribution in [2.75, 3.05) is 13.2 Å². The maximum Gasteiger partial charge on any atom is 0.305 e. The molecule has 0 aliphatic carbocycles. The Labute approximate surface area is 140 Å². The minimum Gasteiger partial charge on any atom is -0.392 e. The minimum absolute atomic E-state index is 0.0316. The summed E-state index contributed by atoms with van der Waals surface area (Å²) < 4.78 is 37.0. The Balaban J connectivity index is 4.16. The van der Waals surface area contributed by atoms with Crippen LogP contribution in [0.5, 0.6) is 0 Å². The first-order valence-electron chi connectivity index (χ1n) is 8.60.